The number of nitrogens with one attached hydrogen (secondary N) is 1. The van der Waals surface area contributed by atoms with Gasteiger partial charge in [0.2, 0.25) is 0 Å². The van der Waals surface area contributed by atoms with Crippen LogP contribution in [0.3, 0.4) is 0 Å². The third kappa shape index (κ3) is 3.25. The van der Waals surface area contributed by atoms with Crippen molar-refractivity contribution in [1.29, 1.82) is 0 Å². The lowest BCUT2D eigenvalue weighted by molar-refractivity contribution is 0.352. The van der Waals surface area contributed by atoms with E-state index in [1.807, 2.05) is 6.07 Å². The second-order valence-electron chi connectivity index (χ2n) is 4.89. The molecule has 2 nitrogen and oxygen atoms in total. The summed E-state index contributed by atoms with van der Waals surface area (Å²) >= 11 is 7.07. The molecule has 2 aromatic rings. The normalized spacial score (nSPS) is 13.1. The van der Waals surface area contributed by atoms with E-state index in [9.17, 15) is 0 Å². The highest BCUT2D eigenvalue weighted by atomic mass is 79.9. The van der Waals surface area contributed by atoms with E-state index in [1.165, 1.54) is 16.7 Å². The minimum atomic E-state index is 0.796. The highest BCUT2D eigenvalue weighted by molar-refractivity contribution is 9.10. The van der Waals surface area contributed by atoms with Crippen molar-refractivity contribution in [2.45, 2.75) is 19.5 Å². The van der Waals surface area contributed by atoms with Crippen molar-refractivity contribution in [3.05, 3.63) is 62.0 Å². The lowest BCUT2D eigenvalue weighted by Crippen LogP contribution is -2.13. The van der Waals surface area contributed by atoms with Gasteiger partial charge in [-0.25, -0.2) is 0 Å². The molecule has 0 radical (unpaired) electrons. The number of hydrogen-bond acceptors (Lipinski definition) is 2. The molecule has 1 heterocycles. The van der Waals surface area contributed by atoms with Crippen LogP contribution in [0.4, 0.5) is 0 Å². The first-order valence-corrected chi connectivity index (χ1v) is 8.20. The van der Waals surface area contributed by atoms with Crippen molar-refractivity contribution >= 4 is 31.9 Å². The maximum atomic E-state index is 5.74. The summed E-state index contributed by atoms with van der Waals surface area (Å²) in [5, 5.41) is 3.48. The molecule has 0 saturated carbocycles. The molecule has 0 amide bonds. The molecular weight excluding hydrogens is 382 g/mol. The van der Waals surface area contributed by atoms with Gasteiger partial charge in [0.1, 0.15) is 5.75 Å². The zero-order valence-electron chi connectivity index (χ0n) is 11.0. The van der Waals surface area contributed by atoms with Crippen LogP contribution in [0.25, 0.3) is 0 Å². The highest BCUT2D eigenvalue weighted by Gasteiger charge is 2.16. The van der Waals surface area contributed by atoms with Gasteiger partial charge in [0.15, 0.2) is 0 Å². The number of fused-ring (bicyclic) bond motifs is 1. The molecule has 0 saturated heterocycles. The molecule has 4 heteroatoms. The molecule has 0 atom stereocenters. The number of hydrogen-bond donors (Lipinski definition) is 1. The highest BCUT2D eigenvalue weighted by Crippen LogP contribution is 2.32. The second kappa shape index (κ2) is 6.29. The van der Waals surface area contributed by atoms with E-state index in [2.05, 4.69) is 67.5 Å². The van der Waals surface area contributed by atoms with Crippen LogP contribution in [0.5, 0.6) is 5.75 Å². The molecule has 0 bridgehead atoms. The minimum Gasteiger partial charge on any atom is -0.493 e. The Balaban J connectivity index is 1.67. The van der Waals surface area contributed by atoms with E-state index in [1.54, 1.807) is 0 Å². The molecule has 2 aromatic carbocycles. The summed E-state index contributed by atoms with van der Waals surface area (Å²) in [4.78, 5) is 0. The maximum Gasteiger partial charge on any atom is 0.127 e. The summed E-state index contributed by atoms with van der Waals surface area (Å²) in [6.45, 7) is 2.46. The fraction of sp³-hybridized carbons (Fsp3) is 0.250. The smallest absolute Gasteiger partial charge is 0.127 e. The Labute approximate surface area is 135 Å². The van der Waals surface area contributed by atoms with E-state index in [-0.39, 0.29) is 0 Å². The molecule has 20 heavy (non-hydrogen) atoms. The van der Waals surface area contributed by atoms with Crippen LogP contribution >= 0.6 is 31.9 Å². The number of rotatable bonds is 4. The first kappa shape index (κ1) is 14.1. The third-order valence-electron chi connectivity index (χ3n) is 3.36. The van der Waals surface area contributed by atoms with Crippen molar-refractivity contribution in [2.24, 2.45) is 0 Å². The summed E-state index contributed by atoms with van der Waals surface area (Å²) in [6, 6.07) is 12.6. The van der Waals surface area contributed by atoms with Crippen LogP contribution in [-0.2, 0) is 19.5 Å². The molecule has 0 spiro atoms. The summed E-state index contributed by atoms with van der Waals surface area (Å²) < 4.78 is 7.98. The predicted octanol–water partition coefficient (Wildman–Crippen LogP) is 4.44. The van der Waals surface area contributed by atoms with Gasteiger partial charge in [-0.05, 0) is 35.4 Å². The lowest BCUT2D eigenvalue weighted by Gasteiger charge is -2.10. The molecular formula is C16H15Br2NO. The largest absolute Gasteiger partial charge is 0.493 e. The molecule has 104 valence electrons. The van der Waals surface area contributed by atoms with Crippen LogP contribution in [-0.4, -0.2) is 6.61 Å². The summed E-state index contributed by atoms with van der Waals surface area (Å²) in [7, 11) is 0. The molecule has 0 aromatic heterocycles. The molecule has 0 unspecified atom stereocenters. The van der Waals surface area contributed by atoms with E-state index >= 15 is 0 Å². The lowest BCUT2D eigenvalue weighted by atomic mass is 10.1. The third-order valence-corrected chi connectivity index (χ3v) is 4.31. The van der Waals surface area contributed by atoms with Crippen molar-refractivity contribution in [2.75, 3.05) is 6.61 Å². The van der Waals surface area contributed by atoms with Crippen molar-refractivity contribution in [1.82, 2.24) is 5.32 Å². The van der Waals surface area contributed by atoms with Crippen LogP contribution in [0, 0.1) is 0 Å². The van der Waals surface area contributed by atoms with Gasteiger partial charge >= 0.3 is 0 Å². The first-order valence-electron chi connectivity index (χ1n) is 6.61. The Hall–Kier alpha value is -0.840. The average Bonchev–Trinajstić information content (AvgIpc) is 2.87. The van der Waals surface area contributed by atoms with E-state index in [0.29, 0.717) is 0 Å². The van der Waals surface area contributed by atoms with Crippen molar-refractivity contribution in [3.63, 3.8) is 0 Å². The fourth-order valence-electron chi connectivity index (χ4n) is 2.47. The second-order valence-corrected chi connectivity index (χ2v) is 6.72. The van der Waals surface area contributed by atoms with Gasteiger partial charge in [-0.15, -0.1) is 0 Å². The Morgan fingerprint density at radius 2 is 1.95 bits per heavy atom. The monoisotopic (exact) mass is 395 g/mol. The van der Waals surface area contributed by atoms with E-state index in [0.717, 1.165) is 40.8 Å². The number of benzene rings is 2. The van der Waals surface area contributed by atoms with Gasteiger partial charge in [0.05, 0.1) is 6.61 Å². The number of ether oxygens (including phenoxy) is 1. The molecule has 1 aliphatic rings. The Morgan fingerprint density at radius 3 is 2.80 bits per heavy atom. The van der Waals surface area contributed by atoms with Crippen molar-refractivity contribution < 1.29 is 4.74 Å². The Bertz CT molecular complexity index is 628. The Kier molecular flexibility index (Phi) is 4.44. The van der Waals surface area contributed by atoms with Gasteiger partial charge in [0, 0.05) is 34.0 Å². The molecule has 3 rings (SSSR count). The molecule has 1 aliphatic heterocycles. The molecule has 0 aliphatic carbocycles. The van der Waals surface area contributed by atoms with Gasteiger partial charge in [-0.1, -0.05) is 44.0 Å². The number of halogens is 2. The zero-order chi connectivity index (χ0) is 13.9. The van der Waals surface area contributed by atoms with E-state index in [4.69, 9.17) is 4.74 Å². The quantitative estimate of drug-likeness (QED) is 0.824. The van der Waals surface area contributed by atoms with Crippen LogP contribution < -0.4 is 10.1 Å². The minimum absolute atomic E-state index is 0.796. The predicted molar refractivity (Wildman–Crippen MR) is 88.0 cm³/mol. The molecule has 0 fully saturated rings. The first-order chi connectivity index (χ1) is 9.72. The topological polar surface area (TPSA) is 21.3 Å². The van der Waals surface area contributed by atoms with Crippen LogP contribution in [0.15, 0.2) is 45.3 Å². The summed E-state index contributed by atoms with van der Waals surface area (Å²) in [6.07, 6.45) is 1.01. The van der Waals surface area contributed by atoms with Crippen LogP contribution in [0.2, 0.25) is 0 Å². The fourth-order valence-corrected chi connectivity index (χ4v) is 3.47. The summed E-state index contributed by atoms with van der Waals surface area (Å²) in [5.41, 5.74) is 3.80. The van der Waals surface area contributed by atoms with Gasteiger partial charge in [-0.3, -0.25) is 0 Å². The molecule has 1 N–H and O–H groups in total. The summed E-state index contributed by atoms with van der Waals surface area (Å²) in [5.74, 6) is 1.06. The SMILES string of the molecule is Brc1cccc(CNCc2cc(Br)cc3c2OCC3)c1. The maximum absolute atomic E-state index is 5.74. The van der Waals surface area contributed by atoms with Crippen LogP contribution in [0.1, 0.15) is 16.7 Å². The average molecular weight is 397 g/mol. The van der Waals surface area contributed by atoms with Gasteiger partial charge < -0.3 is 10.1 Å². The van der Waals surface area contributed by atoms with Crippen molar-refractivity contribution in [3.8, 4) is 5.75 Å². The van der Waals surface area contributed by atoms with Gasteiger partial charge in [0.25, 0.3) is 0 Å². The van der Waals surface area contributed by atoms with Gasteiger partial charge in [-0.2, -0.15) is 0 Å². The Morgan fingerprint density at radius 1 is 1.05 bits per heavy atom. The van der Waals surface area contributed by atoms with E-state index < -0.39 is 0 Å². The zero-order valence-corrected chi connectivity index (χ0v) is 14.1. The standard InChI is InChI=1S/C16H15Br2NO/c17-14-3-1-2-11(6-14)9-19-10-13-8-15(18)7-12-4-5-20-16(12)13/h1-3,6-8,19H,4-5,9-10H2.